The fraction of sp³-hybridized carbons (Fsp3) is 0.273. The van der Waals surface area contributed by atoms with E-state index >= 15 is 0 Å². The van der Waals surface area contributed by atoms with E-state index in [0.717, 1.165) is 28.8 Å². The molecule has 0 unspecified atom stereocenters. The molecule has 5 heteroatoms. The number of rotatable bonds is 4. The van der Waals surface area contributed by atoms with Crippen LogP contribution in [0, 0.1) is 0 Å². The van der Waals surface area contributed by atoms with E-state index in [-0.39, 0.29) is 0 Å². The average Bonchev–Trinajstić information content (AvgIpc) is 2.74. The summed E-state index contributed by atoms with van der Waals surface area (Å²) in [7, 11) is 0. The normalized spacial score (nSPS) is 10.4. The fourth-order valence-electron chi connectivity index (χ4n) is 1.36. The molecule has 4 nitrogen and oxygen atoms in total. The first-order valence-corrected chi connectivity index (χ1v) is 5.98. The maximum atomic E-state index is 4.21. The lowest BCUT2D eigenvalue weighted by atomic mass is 10.3. The molecule has 2 aromatic rings. The van der Waals surface area contributed by atoms with Gasteiger partial charge in [0.1, 0.15) is 0 Å². The van der Waals surface area contributed by atoms with Gasteiger partial charge in [0.2, 0.25) is 0 Å². The van der Waals surface area contributed by atoms with Crippen LogP contribution in [-0.2, 0) is 0 Å². The van der Waals surface area contributed by atoms with Gasteiger partial charge in [0.25, 0.3) is 0 Å². The van der Waals surface area contributed by atoms with Crippen LogP contribution < -0.4 is 5.32 Å². The summed E-state index contributed by atoms with van der Waals surface area (Å²) in [5.41, 5.74) is 1.97. The molecule has 0 amide bonds. The van der Waals surface area contributed by atoms with Crippen LogP contribution in [0.25, 0.3) is 5.69 Å². The minimum atomic E-state index is 0.951. The summed E-state index contributed by atoms with van der Waals surface area (Å²) < 4.78 is 2.74. The summed E-state index contributed by atoms with van der Waals surface area (Å²) in [6, 6.07) is 2.03. The van der Waals surface area contributed by atoms with Gasteiger partial charge in [0.15, 0.2) is 0 Å². The van der Waals surface area contributed by atoms with Gasteiger partial charge in [0, 0.05) is 12.7 Å². The highest BCUT2D eigenvalue weighted by Crippen LogP contribution is 2.15. The molecule has 0 aliphatic carbocycles. The number of hydrogen-bond acceptors (Lipinski definition) is 3. The second-order valence-corrected chi connectivity index (χ2v) is 4.38. The second kappa shape index (κ2) is 5.12. The highest BCUT2D eigenvalue weighted by atomic mass is 79.9. The van der Waals surface area contributed by atoms with Crippen LogP contribution in [0.2, 0.25) is 0 Å². The van der Waals surface area contributed by atoms with Crippen molar-refractivity contribution in [3.05, 3.63) is 35.3 Å². The van der Waals surface area contributed by atoms with Gasteiger partial charge in [-0.15, -0.1) is 0 Å². The zero-order valence-corrected chi connectivity index (χ0v) is 10.6. The average molecular weight is 281 g/mol. The quantitative estimate of drug-likeness (QED) is 0.937. The molecule has 0 radical (unpaired) electrons. The van der Waals surface area contributed by atoms with Gasteiger partial charge in [-0.1, -0.05) is 6.92 Å². The van der Waals surface area contributed by atoms with Crippen molar-refractivity contribution in [1.29, 1.82) is 0 Å². The monoisotopic (exact) mass is 280 g/mol. The Morgan fingerprint density at radius 1 is 1.38 bits per heavy atom. The van der Waals surface area contributed by atoms with Gasteiger partial charge in [0.05, 0.1) is 34.4 Å². The molecule has 0 aliphatic heterocycles. The third-order valence-electron chi connectivity index (χ3n) is 2.12. The smallest absolute Gasteiger partial charge is 0.0849 e. The van der Waals surface area contributed by atoms with Crippen LogP contribution in [0.15, 0.2) is 35.3 Å². The van der Waals surface area contributed by atoms with Gasteiger partial charge >= 0.3 is 0 Å². The third-order valence-corrected chi connectivity index (χ3v) is 2.53. The molecule has 0 bridgehead atoms. The number of halogens is 1. The van der Waals surface area contributed by atoms with E-state index in [1.165, 1.54) is 0 Å². The zero-order valence-electron chi connectivity index (χ0n) is 9.02. The van der Waals surface area contributed by atoms with Gasteiger partial charge in [-0.2, -0.15) is 5.10 Å². The molecule has 0 saturated heterocycles. The Balaban J connectivity index is 2.22. The van der Waals surface area contributed by atoms with Crippen molar-refractivity contribution in [1.82, 2.24) is 14.8 Å². The van der Waals surface area contributed by atoms with Crippen LogP contribution in [-0.4, -0.2) is 21.3 Å². The predicted octanol–water partition coefficient (Wildman–Crippen LogP) is 2.85. The number of anilines is 1. The molecule has 2 rings (SSSR count). The standard InChI is InChI=1S/C11H13BrN4/c1-2-3-14-10-4-11(7-13-6-10)16-8-9(12)5-15-16/h4-8,14H,2-3H2,1H3. The maximum absolute atomic E-state index is 4.21. The Labute approximate surface area is 103 Å². The SMILES string of the molecule is CCCNc1cncc(-n2cc(Br)cn2)c1. The number of aromatic nitrogens is 3. The van der Waals surface area contributed by atoms with Gasteiger partial charge in [-0.25, -0.2) is 4.68 Å². The number of hydrogen-bond donors (Lipinski definition) is 1. The molecule has 2 heterocycles. The molecule has 0 aromatic carbocycles. The summed E-state index contributed by atoms with van der Waals surface area (Å²) in [4.78, 5) is 4.18. The fourth-order valence-corrected chi connectivity index (χ4v) is 1.65. The highest BCUT2D eigenvalue weighted by molar-refractivity contribution is 9.10. The zero-order chi connectivity index (χ0) is 11.4. The lowest BCUT2D eigenvalue weighted by Crippen LogP contribution is -2.02. The molecule has 2 aromatic heterocycles. The maximum Gasteiger partial charge on any atom is 0.0849 e. The lowest BCUT2D eigenvalue weighted by Gasteiger charge is -2.06. The molecule has 0 saturated carbocycles. The summed E-state index contributed by atoms with van der Waals surface area (Å²) in [6.45, 7) is 3.09. The van der Waals surface area contributed by atoms with Crippen molar-refractivity contribution in [2.24, 2.45) is 0 Å². The van der Waals surface area contributed by atoms with Crippen molar-refractivity contribution in [3.8, 4) is 5.69 Å². The summed E-state index contributed by atoms with van der Waals surface area (Å²) in [5, 5.41) is 7.51. The Bertz CT molecular complexity index is 467. The largest absolute Gasteiger partial charge is 0.384 e. The Morgan fingerprint density at radius 2 is 2.25 bits per heavy atom. The Hall–Kier alpha value is -1.36. The van der Waals surface area contributed by atoms with E-state index in [4.69, 9.17) is 0 Å². The van der Waals surface area contributed by atoms with E-state index in [1.54, 1.807) is 17.1 Å². The molecular weight excluding hydrogens is 268 g/mol. The van der Waals surface area contributed by atoms with Crippen LogP contribution >= 0.6 is 15.9 Å². The van der Waals surface area contributed by atoms with E-state index in [0.29, 0.717) is 0 Å². The lowest BCUT2D eigenvalue weighted by molar-refractivity contribution is 0.873. The first-order chi connectivity index (χ1) is 7.79. The summed E-state index contributed by atoms with van der Waals surface area (Å²) >= 11 is 3.37. The Morgan fingerprint density at radius 3 is 2.94 bits per heavy atom. The van der Waals surface area contributed by atoms with Gasteiger partial charge < -0.3 is 5.32 Å². The summed E-state index contributed by atoms with van der Waals surface area (Å²) in [5.74, 6) is 0. The third kappa shape index (κ3) is 2.61. The van der Waals surface area contributed by atoms with Crippen molar-refractivity contribution in [2.45, 2.75) is 13.3 Å². The van der Waals surface area contributed by atoms with Crippen LogP contribution in [0.5, 0.6) is 0 Å². The van der Waals surface area contributed by atoms with Crippen LogP contribution in [0.3, 0.4) is 0 Å². The van der Waals surface area contributed by atoms with Gasteiger partial charge in [-0.3, -0.25) is 4.98 Å². The molecule has 84 valence electrons. The minimum Gasteiger partial charge on any atom is -0.384 e. The van der Waals surface area contributed by atoms with Gasteiger partial charge in [-0.05, 0) is 28.4 Å². The topological polar surface area (TPSA) is 42.7 Å². The van der Waals surface area contributed by atoms with E-state index in [1.807, 2.05) is 18.5 Å². The Kier molecular flexibility index (Phi) is 3.56. The van der Waals surface area contributed by atoms with E-state index < -0.39 is 0 Å². The molecule has 0 spiro atoms. The second-order valence-electron chi connectivity index (χ2n) is 3.46. The van der Waals surface area contributed by atoms with Crippen molar-refractivity contribution in [3.63, 3.8) is 0 Å². The number of pyridine rings is 1. The van der Waals surface area contributed by atoms with Crippen molar-refractivity contribution in [2.75, 3.05) is 11.9 Å². The van der Waals surface area contributed by atoms with Crippen LogP contribution in [0.1, 0.15) is 13.3 Å². The first-order valence-electron chi connectivity index (χ1n) is 5.19. The van der Waals surface area contributed by atoms with E-state index in [9.17, 15) is 0 Å². The predicted molar refractivity (Wildman–Crippen MR) is 67.8 cm³/mol. The number of nitrogens with one attached hydrogen (secondary N) is 1. The van der Waals surface area contributed by atoms with E-state index in [2.05, 4.69) is 38.3 Å². The van der Waals surface area contributed by atoms with Crippen LogP contribution in [0.4, 0.5) is 5.69 Å². The molecule has 1 N–H and O–H groups in total. The summed E-state index contributed by atoms with van der Waals surface area (Å²) in [6.07, 6.45) is 8.36. The molecule has 0 aliphatic rings. The number of nitrogens with zero attached hydrogens (tertiary/aromatic N) is 3. The molecular formula is C11H13BrN4. The molecule has 0 fully saturated rings. The minimum absolute atomic E-state index is 0.951. The highest BCUT2D eigenvalue weighted by Gasteiger charge is 2.00. The van der Waals surface area contributed by atoms with Crippen molar-refractivity contribution >= 4 is 21.6 Å². The molecule has 0 atom stereocenters. The molecule has 16 heavy (non-hydrogen) atoms. The van der Waals surface area contributed by atoms with Crippen molar-refractivity contribution < 1.29 is 0 Å². The first kappa shape index (κ1) is 11.1.